The van der Waals surface area contributed by atoms with E-state index >= 15 is 0 Å². The van der Waals surface area contributed by atoms with Gasteiger partial charge in [-0.15, -0.1) is 12.3 Å². The normalized spacial score (nSPS) is 30.7. The topological polar surface area (TPSA) is 26.3 Å². The Bertz CT molecular complexity index is 166. The van der Waals surface area contributed by atoms with Crippen LogP contribution in [0, 0.1) is 24.2 Å². The smallest absolute Gasteiger partial charge is 0.309 e. The van der Waals surface area contributed by atoms with Gasteiger partial charge in [-0.3, -0.25) is 4.79 Å². The Hall–Kier alpha value is -0.970. The first-order valence-electron chi connectivity index (χ1n) is 2.83. The fourth-order valence-corrected chi connectivity index (χ4v) is 0.791. The summed E-state index contributed by atoms with van der Waals surface area (Å²) in [5.41, 5.74) is 0. The van der Waals surface area contributed by atoms with Gasteiger partial charge in [-0.05, 0) is 6.42 Å². The number of terminal acetylenes is 1. The Balaban J connectivity index is 2.36. The molecule has 9 heavy (non-hydrogen) atoms. The second-order valence-electron chi connectivity index (χ2n) is 2.14. The lowest BCUT2D eigenvalue weighted by molar-refractivity contribution is -0.142. The number of carbonyl (C=O) groups is 1. The zero-order valence-corrected chi connectivity index (χ0v) is 5.26. The van der Waals surface area contributed by atoms with Crippen LogP contribution in [0.2, 0.25) is 0 Å². The summed E-state index contributed by atoms with van der Waals surface area (Å²) in [6, 6.07) is 0. The van der Waals surface area contributed by atoms with Gasteiger partial charge in [0.05, 0.1) is 13.0 Å². The van der Waals surface area contributed by atoms with E-state index in [0.717, 1.165) is 6.42 Å². The molecule has 1 aliphatic carbocycles. The van der Waals surface area contributed by atoms with Crippen LogP contribution in [-0.2, 0) is 9.53 Å². The van der Waals surface area contributed by atoms with Gasteiger partial charge in [0.1, 0.15) is 0 Å². The van der Waals surface area contributed by atoms with E-state index in [-0.39, 0.29) is 17.8 Å². The summed E-state index contributed by atoms with van der Waals surface area (Å²) in [7, 11) is 1.38. The third-order valence-corrected chi connectivity index (χ3v) is 1.51. The van der Waals surface area contributed by atoms with E-state index in [1.165, 1.54) is 7.11 Å². The second kappa shape index (κ2) is 2.10. The Kier molecular flexibility index (Phi) is 1.44. The minimum atomic E-state index is -0.169. The summed E-state index contributed by atoms with van der Waals surface area (Å²) in [5, 5.41) is 0. The predicted octanol–water partition coefficient (Wildman–Crippen LogP) is 0.429. The molecule has 0 amide bonds. The Morgan fingerprint density at radius 1 is 1.89 bits per heavy atom. The van der Waals surface area contributed by atoms with Crippen molar-refractivity contribution in [3.8, 4) is 12.3 Å². The fourth-order valence-electron chi connectivity index (χ4n) is 0.791. The molecule has 2 nitrogen and oxygen atoms in total. The first-order valence-corrected chi connectivity index (χ1v) is 2.83. The molecule has 2 unspecified atom stereocenters. The van der Waals surface area contributed by atoms with Crippen molar-refractivity contribution in [3.05, 3.63) is 0 Å². The van der Waals surface area contributed by atoms with Crippen molar-refractivity contribution in [2.24, 2.45) is 11.8 Å². The van der Waals surface area contributed by atoms with Crippen LogP contribution in [-0.4, -0.2) is 13.1 Å². The molecule has 0 heterocycles. The van der Waals surface area contributed by atoms with Crippen molar-refractivity contribution in [1.82, 2.24) is 0 Å². The molecule has 1 rings (SSSR count). The minimum Gasteiger partial charge on any atom is -0.469 e. The molecule has 0 aromatic rings. The number of methoxy groups -OCH3 is 1. The van der Waals surface area contributed by atoms with Gasteiger partial charge in [0.2, 0.25) is 0 Å². The summed E-state index contributed by atoms with van der Waals surface area (Å²) in [6.07, 6.45) is 5.87. The molecule has 48 valence electrons. The van der Waals surface area contributed by atoms with Crippen LogP contribution in [0.4, 0.5) is 0 Å². The lowest BCUT2D eigenvalue weighted by Crippen LogP contribution is -2.03. The quantitative estimate of drug-likeness (QED) is 0.374. The number of carbonyl (C=O) groups excluding carboxylic acids is 1. The SMILES string of the molecule is C#CC1CC1C(=O)OC. The van der Waals surface area contributed by atoms with Crippen molar-refractivity contribution in [3.63, 3.8) is 0 Å². The highest BCUT2D eigenvalue weighted by Gasteiger charge is 2.42. The predicted molar refractivity (Wildman–Crippen MR) is 32.4 cm³/mol. The molecule has 0 aliphatic heterocycles. The monoisotopic (exact) mass is 124 g/mol. The van der Waals surface area contributed by atoms with Crippen LogP contribution in [0.1, 0.15) is 6.42 Å². The highest BCUT2D eigenvalue weighted by molar-refractivity contribution is 5.76. The van der Waals surface area contributed by atoms with Crippen molar-refractivity contribution in [1.29, 1.82) is 0 Å². The van der Waals surface area contributed by atoms with E-state index in [2.05, 4.69) is 10.7 Å². The number of rotatable bonds is 1. The number of esters is 1. The number of ether oxygens (including phenoxy) is 1. The molecule has 1 fully saturated rings. The van der Waals surface area contributed by atoms with Crippen molar-refractivity contribution < 1.29 is 9.53 Å². The maximum atomic E-state index is 10.6. The molecule has 0 bridgehead atoms. The molecule has 1 aliphatic rings. The zero-order chi connectivity index (χ0) is 6.85. The van der Waals surface area contributed by atoms with Gasteiger partial charge in [0.25, 0.3) is 0 Å². The van der Waals surface area contributed by atoms with Crippen LogP contribution < -0.4 is 0 Å². The van der Waals surface area contributed by atoms with E-state index in [4.69, 9.17) is 6.42 Å². The highest BCUT2D eigenvalue weighted by atomic mass is 16.5. The lowest BCUT2D eigenvalue weighted by atomic mass is 10.3. The van der Waals surface area contributed by atoms with E-state index < -0.39 is 0 Å². The molecule has 1 saturated carbocycles. The van der Waals surface area contributed by atoms with Crippen molar-refractivity contribution in [2.75, 3.05) is 7.11 Å². The van der Waals surface area contributed by atoms with Gasteiger partial charge in [-0.25, -0.2) is 0 Å². The van der Waals surface area contributed by atoms with Gasteiger partial charge >= 0.3 is 5.97 Å². The van der Waals surface area contributed by atoms with Gasteiger partial charge < -0.3 is 4.74 Å². The van der Waals surface area contributed by atoms with Crippen molar-refractivity contribution >= 4 is 5.97 Å². The number of hydrogen-bond donors (Lipinski definition) is 0. The Morgan fingerprint density at radius 2 is 2.56 bits per heavy atom. The first kappa shape index (κ1) is 6.15. The summed E-state index contributed by atoms with van der Waals surface area (Å²) in [6.45, 7) is 0. The first-order chi connectivity index (χ1) is 4.29. The molecule has 2 heteroatoms. The van der Waals surface area contributed by atoms with Crippen LogP contribution in [0.5, 0.6) is 0 Å². The minimum absolute atomic E-state index is 0.000000000000000222. The Labute approximate surface area is 54.2 Å². The number of hydrogen-bond acceptors (Lipinski definition) is 2. The Morgan fingerprint density at radius 3 is 2.89 bits per heavy atom. The van der Waals surface area contributed by atoms with Gasteiger partial charge in [0.15, 0.2) is 0 Å². The fraction of sp³-hybridized carbons (Fsp3) is 0.571. The summed E-state index contributed by atoms with van der Waals surface area (Å²) >= 11 is 0. The molecule has 0 radical (unpaired) electrons. The average Bonchev–Trinajstić information content (AvgIpc) is 2.64. The second-order valence-corrected chi connectivity index (χ2v) is 2.14. The summed E-state index contributed by atoms with van der Waals surface area (Å²) < 4.78 is 4.47. The maximum Gasteiger partial charge on any atom is 0.309 e. The third-order valence-electron chi connectivity index (χ3n) is 1.51. The van der Waals surface area contributed by atoms with Gasteiger partial charge in [-0.2, -0.15) is 0 Å². The van der Waals surface area contributed by atoms with Gasteiger partial charge in [0, 0.05) is 5.92 Å². The molecular weight excluding hydrogens is 116 g/mol. The largest absolute Gasteiger partial charge is 0.469 e. The lowest BCUT2D eigenvalue weighted by Gasteiger charge is -1.91. The zero-order valence-electron chi connectivity index (χ0n) is 5.26. The van der Waals surface area contributed by atoms with E-state index in [0.29, 0.717) is 0 Å². The molecule has 0 N–H and O–H groups in total. The summed E-state index contributed by atoms with van der Waals surface area (Å²) in [5.74, 6) is 2.49. The third kappa shape index (κ3) is 1.05. The molecule has 0 spiro atoms. The molecule has 0 aromatic heterocycles. The summed E-state index contributed by atoms with van der Waals surface area (Å²) in [4.78, 5) is 10.6. The van der Waals surface area contributed by atoms with Crippen LogP contribution in [0.15, 0.2) is 0 Å². The van der Waals surface area contributed by atoms with Crippen molar-refractivity contribution in [2.45, 2.75) is 6.42 Å². The molecule has 2 atom stereocenters. The molecule has 0 saturated heterocycles. The highest BCUT2D eigenvalue weighted by Crippen LogP contribution is 2.38. The van der Waals surface area contributed by atoms with Crippen LogP contribution in [0.25, 0.3) is 0 Å². The maximum absolute atomic E-state index is 10.6. The standard InChI is InChI=1S/C7H8O2/c1-3-5-4-6(5)7(8)9-2/h1,5-6H,4H2,2H3. The average molecular weight is 124 g/mol. The molecule has 0 aromatic carbocycles. The molecular formula is C7H8O2. The van der Waals surface area contributed by atoms with E-state index in [1.807, 2.05) is 0 Å². The van der Waals surface area contributed by atoms with Crippen LogP contribution in [0.3, 0.4) is 0 Å². The van der Waals surface area contributed by atoms with Gasteiger partial charge in [-0.1, -0.05) is 0 Å². The van der Waals surface area contributed by atoms with Crippen LogP contribution >= 0.6 is 0 Å². The van der Waals surface area contributed by atoms with E-state index in [1.54, 1.807) is 0 Å². The van der Waals surface area contributed by atoms with E-state index in [9.17, 15) is 4.79 Å².